The zero-order valence-corrected chi connectivity index (χ0v) is 14.3. The number of benzene rings is 1. The van der Waals surface area contributed by atoms with Crippen molar-refractivity contribution in [1.29, 1.82) is 0 Å². The fraction of sp³-hybridized carbons (Fsp3) is 0.188. The molecule has 0 atom stereocenters. The van der Waals surface area contributed by atoms with Gasteiger partial charge in [-0.05, 0) is 25.5 Å². The van der Waals surface area contributed by atoms with Gasteiger partial charge >= 0.3 is 0 Å². The van der Waals surface area contributed by atoms with Gasteiger partial charge in [-0.25, -0.2) is 9.66 Å². The summed E-state index contributed by atoms with van der Waals surface area (Å²) in [6.45, 7) is 3.52. The van der Waals surface area contributed by atoms with E-state index in [-0.39, 0.29) is 17.1 Å². The first-order valence-electron chi connectivity index (χ1n) is 6.96. The van der Waals surface area contributed by atoms with Crippen LogP contribution in [0.25, 0.3) is 20.7 Å². The van der Waals surface area contributed by atoms with E-state index in [9.17, 15) is 9.59 Å². The quantitative estimate of drug-likeness (QED) is 0.447. The molecule has 118 valence electrons. The number of nitrogens with zero attached hydrogens (tertiary/aromatic N) is 2. The highest BCUT2D eigenvalue weighted by atomic mass is 32.2. The average molecular weight is 345 g/mol. The first kappa shape index (κ1) is 15.8. The van der Waals surface area contributed by atoms with Crippen LogP contribution < -0.4 is 11.4 Å². The Morgan fingerprint density at radius 1 is 1.35 bits per heavy atom. The number of nitrogen functional groups attached to an aromatic ring is 1. The molecular weight excluding hydrogens is 330 g/mol. The minimum absolute atomic E-state index is 0.00927. The number of carbonyl (C=O) groups is 1. The number of aromatic nitrogens is 2. The van der Waals surface area contributed by atoms with Crippen molar-refractivity contribution in [1.82, 2.24) is 9.66 Å². The summed E-state index contributed by atoms with van der Waals surface area (Å²) in [5, 5.41) is 0.353. The number of carbonyl (C=O) groups excluding carboxylic acids is 1. The van der Waals surface area contributed by atoms with Crippen molar-refractivity contribution in [2.24, 2.45) is 0 Å². The SMILES string of the molecule is CC(=O)CSc1nc2cc(-c3ccc(C)cc3)sc2c(=O)n1N. The summed E-state index contributed by atoms with van der Waals surface area (Å²) in [7, 11) is 0. The lowest BCUT2D eigenvalue weighted by atomic mass is 10.1. The monoisotopic (exact) mass is 345 g/mol. The second-order valence-corrected chi connectivity index (χ2v) is 7.25. The number of Topliss-reactive ketones (excluding diaryl/α,β-unsaturated/α-hetero) is 1. The molecule has 5 nitrogen and oxygen atoms in total. The molecule has 3 aromatic rings. The molecule has 0 bridgehead atoms. The molecule has 1 aromatic carbocycles. The number of ketones is 1. The van der Waals surface area contributed by atoms with Crippen LogP contribution in [0.5, 0.6) is 0 Å². The maximum absolute atomic E-state index is 12.4. The van der Waals surface area contributed by atoms with E-state index in [1.807, 2.05) is 37.3 Å². The summed E-state index contributed by atoms with van der Waals surface area (Å²) in [5.41, 5.74) is 2.55. The van der Waals surface area contributed by atoms with Gasteiger partial charge in [0.2, 0.25) is 0 Å². The maximum Gasteiger partial charge on any atom is 0.290 e. The third-order valence-electron chi connectivity index (χ3n) is 3.29. The summed E-state index contributed by atoms with van der Waals surface area (Å²) in [4.78, 5) is 28.9. The fourth-order valence-corrected chi connectivity index (χ4v) is 3.86. The highest BCUT2D eigenvalue weighted by Gasteiger charge is 2.14. The van der Waals surface area contributed by atoms with Crippen molar-refractivity contribution < 1.29 is 4.79 Å². The molecule has 0 radical (unpaired) electrons. The Balaban J connectivity index is 2.08. The standard InChI is InChI=1S/C16H15N3O2S2/c1-9-3-5-11(6-4-9)13-7-12-14(23-13)15(21)19(17)16(18-12)22-8-10(2)20/h3-7H,8,17H2,1-2H3. The molecule has 2 N–H and O–H groups in total. The van der Waals surface area contributed by atoms with Gasteiger partial charge < -0.3 is 5.84 Å². The van der Waals surface area contributed by atoms with Crippen LogP contribution in [0.4, 0.5) is 0 Å². The second kappa shape index (κ2) is 6.17. The average Bonchev–Trinajstić information content (AvgIpc) is 2.94. The molecule has 2 heterocycles. The van der Waals surface area contributed by atoms with Gasteiger partial charge in [0, 0.05) is 4.88 Å². The van der Waals surface area contributed by atoms with Gasteiger partial charge in [0.05, 0.1) is 11.3 Å². The number of nitrogens with two attached hydrogens (primary N) is 1. The summed E-state index contributed by atoms with van der Waals surface area (Å²) in [6.07, 6.45) is 0. The summed E-state index contributed by atoms with van der Waals surface area (Å²) in [6, 6.07) is 9.99. The predicted molar refractivity (Wildman–Crippen MR) is 95.6 cm³/mol. The van der Waals surface area contributed by atoms with Crippen LogP contribution in [0.15, 0.2) is 40.3 Å². The number of thioether (sulfide) groups is 1. The van der Waals surface area contributed by atoms with Crippen LogP contribution in [0.1, 0.15) is 12.5 Å². The molecule has 0 saturated carbocycles. The highest BCUT2D eigenvalue weighted by Crippen LogP contribution is 2.31. The van der Waals surface area contributed by atoms with E-state index in [0.29, 0.717) is 15.4 Å². The third-order valence-corrected chi connectivity index (χ3v) is 5.55. The molecule has 23 heavy (non-hydrogen) atoms. The van der Waals surface area contributed by atoms with Crippen molar-refractivity contribution in [3.63, 3.8) is 0 Å². The zero-order chi connectivity index (χ0) is 16.6. The first-order chi connectivity index (χ1) is 11.0. The van der Waals surface area contributed by atoms with E-state index in [1.54, 1.807) is 0 Å². The van der Waals surface area contributed by atoms with E-state index in [4.69, 9.17) is 5.84 Å². The lowest BCUT2D eigenvalue weighted by Gasteiger charge is -2.04. The van der Waals surface area contributed by atoms with Crippen molar-refractivity contribution in [3.8, 4) is 10.4 Å². The minimum Gasteiger partial charge on any atom is -0.334 e. The maximum atomic E-state index is 12.4. The van der Waals surface area contributed by atoms with Gasteiger partial charge in [-0.1, -0.05) is 41.6 Å². The number of thiophene rings is 1. The van der Waals surface area contributed by atoms with E-state index >= 15 is 0 Å². The van der Waals surface area contributed by atoms with Gasteiger partial charge in [0.1, 0.15) is 10.5 Å². The highest BCUT2D eigenvalue weighted by molar-refractivity contribution is 7.99. The van der Waals surface area contributed by atoms with Crippen LogP contribution in [-0.4, -0.2) is 21.2 Å². The Kier molecular flexibility index (Phi) is 4.23. The summed E-state index contributed by atoms with van der Waals surface area (Å²) >= 11 is 2.55. The lowest BCUT2D eigenvalue weighted by Crippen LogP contribution is -2.29. The second-order valence-electron chi connectivity index (χ2n) is 5.25. The molecule has 0 aliphatic carbocycles. The Labute approximate surface area is 141 Å². The molecule has 0 aliphatic heterocycles. The van der Waals surface area contributed by atoms with Gasteiger partial charge in [-0.2, -0.15) is 0 Å². The lowest BCUT2D eigenvalue weighted by molar-refractivity contribution is -0.114. The Morgan fingerprint density at radius 2 is 2.04 bits per heavy atom. The van der Waals surface area contributed by atoms with E-state index in [2.05, 4.69) is 4.98 Å². The largest absolute Gasteiger partial charge is 0.334 e. The predicted octanol–water partition coefficient (Wildman–Crippen LogP) is 2.83. The first-order valence-corrected chi connectivity index (χ1v) is 8.77. The van der Waals surface area contributed by atoms with E-state index in [1.165, 1.54) is 35.6 Å². The molecule has 2 aromatic heterocycles. The number of aryl methyl sites for hydroxylation is 1. The molecule has 0 spiro atoms. The number of rotatable bonds is 4. The van der Waals surface area contributed by atoms with Crippen molar-refractivity contribution in [3.05, 3.63) is 46.2 Å². The summed E-state index contributed by atoms with van der Waals surface area (Å²) in [5.74, 6) is 6.07. The van der Waals surface area contributed by atoms with Crippen molar-refractivity contribution in [2.45, 2.75) is 19.0 Å². The van der Waals surface area contributed by atoms with Crippen LogP contribution in [0, 0.1) is 6.92 Å². The normalized spacial score (nSPS) is 11.0. The summed E-state index contributed by atoms with van der Waals surface area (Å²) < 4.78 is 1.54. The van der Waals surface area contributed by atoms with E-state index in [0.717, 1.165) is 15.1 Å². The zero-order valence-electron chi connectivity index (χ0n) is 12.7. The number of hydrogen-bond acceptors (Lipinski definition) is 6. The molecule has 3 rings (SSSR count). The van der Waals surface area contributed by atoms with Crippen molar-refractivity contribution in [2.75, 3.05) is 11.6 Å². The Bertz CT molecular complexity index is 942. The van der Waals surface area contributed by atoms with Gasteiger partial charge in [0.25, 0.3) is 5.56 Å². The van der Waals surface area contributed by atoms with Gasteiger partial charge in [-0.3, -0.25) is 9.59 Å². The Morgan fingerprint density at radius 3 is 2.70 bits per heavy atom. The molecule has 0 fully saturated rings. The number of hydrogen-bond donors (Lipinski definition) is 1. The molecule has 0 unspecified atom stereocenters. The van der Waals surface area contributed by atoms with Crippen LogP contribution in [-0.2, 0) is 4.79 Å². The van der Waals surface area contributed by atoms with Crippen LogP contribution >= 0.6 is 23.1 Å². The Hall–Kier alpha value is -2.12. The third kappa shape index (κ3) is 3.16. The molecule has 7 heteroatoms. The van der Waals surface area contributed by atoms with Crippen molar-refractivity contribution >= 4 is 39.1 Å². The smallest absolute Gasteiger partial charge is 0.290 e. The minimum atomic E-state index is -0.288. The molecule has 0 amide bonds. The topological polar surface area (TPSA) is 78.0 Å². The molecular formula is C16H15N3O2S2. The van der Waals surface area contributed by atoms with Crippen LogP contribution in [0.2, 0.25) is 0 Å². The molecule has 0 aliphatic rings. The van der Waals surface area contributed by atoms with Crippen LogP contribution in [0.3, 0.4) is 0 Å². The van der Waals surface area contributed by atoms with Gasteiger partial charge in [-0.15, -0.1) is 11.3 Å². The number of fused-ring (bicyclic) bond motifs is 1. The van der Waals surface area contributed by atoms with Gasteiger partial charge in [0.15, 0.2) is 5.16 Å². The van der Waals surface area contributed by atoms with E-state index < -0.39 is 0 Å². The molecule has 0 saturated heterocycles. The fourth-order valence-electron chi connectivity index (χ4n) is 2.10.